The number of nitrogens with zero attached hydrogens (tertiary/aromatic N) is 3. The molecule has 250 valence electrons. The fraction of sp³-hybridized carbons (Fsp3) is 0.128. The summed E-state index contributed by atoms with van der Waals surface area (Å²) >= 11 is 1.87. The van der Waals surface area contributed by atoms with E-state index in [1.807, 2.05) is 29.5 Å². The van der Waals surface area contributed by atoms with Crippen LogP contribution in [0.4, 0.5) is 0 Å². The molecule has 0 fully saturated rings. The molecule has 2 aromatic heterocycles. The van der Waals surface area contributed by atoms with Crippen LogP contribution in [0.5, 0.6) is 0 Å². The number of ether oxygens (including phenoxy) is 1. The lowest BCUT2D eigenvalue weighted by molar-refractivity contribution is 0.247. The Morgan fingerprint density at radius 2 is 1.29 bits per heavy atom. The summed E-state index contributed by atoms with van der Waals surface area (Å²) in [5, 5.41) is 2.56. The molecule has 0 N–H and O–H groups in total. The van der Waals surface area contributed by atoms with Crippen LogP contribution in [-0.4, -0.2) is 15.0 Å². The van der Waals surface area contributed by atoms with Gasteiger partial charge in [-0.2, -0.15) is 0 Å². The third kappa shape index (κ3) is 4.91. The molecule has 7 aromatic rings. The van der Waals surface area contributed by atoms with Crippen LogP contribution >= 0.6 is 11.3 Å². The predicted molar refractivity (Wildman–Crippen MR) is 214 cm³/mol. The van der Waals surface area contributed by atoms with Gasteiger partial charge in [0.2, 0.25) is 0 Å². The normalized spacial score (nSPS) is 20.5. The molecule has 0 saturated heterocycles. The lowest BCUT2D eigenvalue weighted by Crippen LogP contribution is -2.35. The number of fused-ring (bicyclic) bond motifs is 5. The minimum Gasteiger partial charge on any atom is -0.465 e. The predicted octanol–water partition coefficient (Wildman–Crippen LogP) is 12.1. The molecule has 0 bridgehead atoms. The van der Waals surface area contributed by atoms with Crippen molar-refractivity contribution in [3.63, 3.8) is 0 Å². The van der Waals surface area contributed by atoms with Crippen molar-refractivity contribution < 1.29 is 4.74 Å². The minimum atomic E-state index is -0.541. The van der Waals surface area contributed by atoms with E-state index in [0.29, 0.717) is 17.6 Å². The summed E-state index contributed by atoms with van der Waals surface area (Å²) in [7, 11) is 0. The highest BCUT2D eigenvalue weighted by molar-refractivity contribution is 7.26. The van der Waals surface area contributed by atoms with Crippen molar-refractivity contribution >= 4 is 31.5 Å². The van der Waals surface area contributed by atoms with E-state index in [0.717, 1.165) is 40.5 Å². The Morgan fingerprint density at radius 1 is 0.673 bits per heavy atom. The van der Waals surface area contributed by atoms with Crippen LogP contribution in [0, 0.1) is 11.8 Å². The Hall–Kier alpha value is -5.91. The molecule has 3 aliphatic rings. The first kappa shape index (κ1) is 30.9. The fourth-order valence-corrected chi connectivity index (χ4v) is 9.55. The first-order valence-electron chi connectivity index (χ1n) is 18.0. The molecule has 0 saturated carbocycles. The number of thiophene rings is 1. The Labute approximate surface area is 307 Å². The molecule has 0 amide bonds. The van der Waals surface area contributed by atoms with E-state index in [9.17, 15) is 0 Å². The molecule has 3 heterocycles. The third-order valence-electron chi connectivity index (χ3n) is 10.8. The van der Waals surface area contributed by atoms with Gasteiger partial charge < -0.3 is 4.74 Å². The molecular weight excluding hydrogens is 655 g/mol. The summed E-state index contributed by atoms with van der Waals surface area (Å²) in [4.78, 5) is 15.7. The number of hydrogen-bond donors (Lipinski definition) is 0. The molecule has 4 nitrogen and oxygen atoms in total. The highest BCUT2D eigenvalue weighted by Gasteiger charge is 2.49. The van der Waals surface area contributed by atoms with E-state index >= 15 is 0 Å². The maximum Gasteiger partial charge on any atom is 0.163 e. The Bertz CT molecular complexity index is 2670. The van der Waals surface area contributed by atoms with Crippen LogP contribution in [-0.2, 0) is 10.2 Å². The third-order valence-corrected chi connectivity index (χ3v) is 12.1. The van der Waals surface area contributed by atoms with E-state index in [2.05, 4.69) is 147 Å². The summed E-state index contributed by atoms with van der Waals surface area (Å²) in [6.07, 6.45) is 11.9. The SMILES string of the molecule is CC1CC=CC2=C1OC1=CC=CC(C)(c3nc(-c4ccccc4)nc(-c4cccc(-c5cccc6c5sc5c(-c7ccccc7)cccc56)c4)n3)C12. The van der Waals surface area contributed by atoms with Crippen molar-refractivity contribution in [3.8, 4) is 45.0 Å². The van der Waals surface area contributed by atoms with E-state index in [4.69, 9.17) is 19.7 Å². The molecular formula is C47H35N3OS. The summed E-state index contributed by atoms with van der Waals surface area (Å²) in [6.45, 7) is 4.48. The van der Waals surface area contributed by atoms with Crippen LogP contribution in [0.2, 0.25) is 0 Å². The zero-order valence-electron chi connectivity index (χ0n) is 29.0. The Balaban J connectivity index is 1.12. The largest absolute Gasteiger partial charge is 0.465 e. The summed E-state index contributed by atoms with van der Waals surface area (Å²) in [6, 6.07) is 42.9. The molecule has 0 radical (unpaired) electrons. The fourth-order valence-electron chi connectivity index (χ4n) is 8.18. The van der Waals surface area contributed by atoms with E-state index in [-0.39, 0.29) is 5.92 Å². The van der Waals surface area contributed by atoms with Gasteiger partial charge in [0.1, 0.15) is 17.3 Å². The van der Waals surface area contributed by atoms with Gasteiger partial charge >= 0.3 is 0 Å². The average molecular weight is 690 g/mol. The van der Waals surface area contributed by atoms with Crippen molar-refractivity contribution in [1.29, 1.82) is 0 Å². The van der Waals surface area contributed by atoms with Gasteiger partial charge in [0.15, 0.2) is 11.6 Å². The van der Waals surface area contributed by atoms with Crippen molar-refractivity contribution in [2.45, 2.75) is 25.7 Å². The molecule has 0 spiro atoms. The van der Waals surface area contributed by atoms with Gasteiger partial charge in [0, 0.05) is 42.8 Å². The highest BCUT2D eigenvalue weighted by atomic mass is 32.1. The lowest BCUT2D eigenvalue weighted by Gasteiger charge is -2.34. The first-order valence-corrected chi connectivity index (χ1v) is 18.8. The number of allylic oxidation sites excluding steroid dienone is 7. The molecule has 5 heteroatoms. The van der Waals surface area contributed by atoms with E-state index in [1.165, 1.54) is 42.4 Å². The van der Waals surface area contributed by atoms with Crippen LogP contribution in [0.3, 0.4) is 0 Å². The maximum atomic E-state index is 6.55. The molecule has 2 aliphatic carbocycles. The van der Waals surface area contributed by atoms with Crippen LogP contribution in [0.25, 0.3) is 65.2 Å². The Kier molecular flexibility index (Phi) is 7.19. The average Bonchev–Trinajstić information content (AvgIpc) is 3.79. The topological polar surface area (TPSA) is 47.9 Å². The van der Waals surface area contributed by atoms with Gasteiger partial charge in [-0.3, -0.25) is 0 Å². The molecule has 10 rings (SSSR count). The lowest BCUT2D eigenvalue weighted by atomic mass is 9.68. The number of benzene rings is 5. The maximum absolute atomic E-state index is 6.55. The minimum absolute atomic E-state index is 0.0111. The van der Waals surface area contributed by atoms with E-state index in [1.54, 1.807) is 0 Å². The monoisotopic (exact) mass is 689 g/mol. The van der Waals surface area contributed by atoms with Crippen molar-refractivity contribution in [1.82, 2.24) is 15.0 Å². The summed E-state index contributed by atoms with van der Waals surface area (Å²) < 4.78 is 9.13. The smallest absolute Gasteiger partial charge is 0.163 e. The molecule has 3 atom stereocenters. The van der Waals surface area contributed by atoms with Gasteiger partial charge in [-0.1, -0.05) is 146 Å². The van der Waals surface area contributed by atoms with Crippen LogP contribution in [0.1, 0.15) is 26.1 Å². The van der Waals surface area contributed by atoms with Gasteiger partial charge in [-0.05, 0) is 47.7 Å². The zero-order valence-corrected chi connectivity index (χ0v) is 29.8. The quantitative estimate of drug-likeness (QED) is 0.180. The summed E-state index contributed by atoms with van der Waals surface area (Å²) in [5.41, 5.74) is 7.44. The second-order valence-corrected chi connectivity index (χ2v) is 15.2. The van der Waals surface area contributed by atoms with E-state index < -0.39 is 5.41 Å². The zero-order chi connectivity index (χ0) is 34.8. The molecule has 1 aliphatic heterocycles. The van der Waals surface area contributed by atoms with Gasteiger partial charge in [0.25, 0.3) is 0 Å². The highest BCUT2D eigenvalue weighted by Crippen LogP contribution is 2.52. The summed E-state index contributed by atoms with van der Waals surface area (Å²) in [5.74, 6) is 4.42. The van der Waals surface area contributed by atoms with Crippen LogP contribution < -0.4 is 0 Å². The Morgan fingerprint density at radius 3 is 2.02 bits per heavy atom. The van der Waals surface area contributed by atoms with Crippen molar-refractivity contribution in [2.75, 3.05) is 0 Å². The molecule has 52 heavy (non-hydrogen) atoms. The molecule has 3 unspecified atom stereocenters. The number of rotatable bonds is 5. The standard InChI is InChI=1S/C47H35N3OS/c1-29-14-9-25-38-40-39(51-41(29)38)26-13-27-47(40,2)46-49-44(31-17-7-4-8-18-31)48-45(50-46)33-20-10-19-32(28-33)35-22-12-24-37-36-23-11-21-34(42(36)52-43(35)37)30-15-5-3-6-16-30/h3-13,15-29,40H,14H2,1-2H3. The van der Waals surface area contributed by atoms with Crippen molar-refractivity contribution in [2.24, 2.45) is 11.8 Å². The number of hydrogen-bond acceptors (Lipinski definition) is 5. The van der Waals surface area contributed by atoms with Crippen molar-refractivity contribution in [3.05, 3.63) is 175 Å². The van der Waals surface area contributed by atoms with Gasteiger partial charge in [-0.15, -0.1) is 11.3 Å². The second kappa shape index (κ2) is 12.1. The van der Waals surface area contributed by atoms with Crippen LogP contribution in [0.15, 0.2) is 169 Å². The molecule has 5 aromatic carbocycles. The van der Waals surface area contributed by atoms with Gasteiger partial charge in [-0.25, -0.2) is 15.0 Å². The van der Waals surface area contributed by atoms with Gasteiger partial charge in [0.05, 0.1) is 11.3 Å². The number of aromatic nitrogens is 3. The second-order valence-electron chi connectivity index (χ2n) is 14.2. The first-order chi connectivity index (χ1) is 25.5.